The van der Waals surface area contributed by atoms with Gasteiger partial charge in [-0.1, -0.05) is 45.0 Å². The Kier molecular flexibility index (Phi) is 6.65. The van der Waals surface area contributed by atoms with E-state index < -0.39 is 0 Å². The Balaban J connectivity index is 2.28. The molecule has 164 valence electrons. The lowest BCUT2D eigenvalue weighted by molar-refractivity contribution is 0.0526. The third-order valence-electron chi connectivity index (χ3n) is 5.50. The number of hydrogen-bond donors (Lipinski definition) is 1. The van der Waals surface area contributed by atoms with Crippen LogP contribution in [0.5, 0.6) is 0 Å². The first-order valence-corrected chi connectivity index (χ1v) is 10.6. The van der Waals surface area contributed by atoms with Gasteiger partial charge in [0.05, 0.1) is 18.7 Å². The minimum absolute atomic E-state index is 0.00561. The van der Waals surface area contributed by atoms with Gasteiger partial charge in [-0.25, -0.2) is 9.18 Å². The maximum absolute atomic E-state index is 14.4. The fourth-order valence-corrected chi connectivity index (χ4v) is 3.88. The van der Waals surface area contributed by atoms with Crippen molar-refractivity contribution < 1.29 is 13.9 Å². The Hall–Kier alpha value is -2.92. The lowest BCUT2D eigenvalue weighted by Gasteiger charge is -2.20. The molecular formula is C26H31FN2O2. The zero-order valence-corrected chi connectivity index (χ0v) is 19.0. The summed E-state index contributed by atoms with van der Waals surface area (Å²) in [6, 6.07) is 13.8. The van der Waals surface area contributed by atoms with Crippen molar-refractivity contribution in [2.24, 2.45) is 5.73 Å². The van der Waals surface area contributed by atoms with Gasteiger partial charge in [0.15, 0.2) is 0 Å². The summed E-state index contributed by atoms with van der Waals surface area (Å²) >= 11 is 0. The van der Waals surface area contributed by atoms with Crippen LogP contribution in [0.25, 0.3) is 22.0 Å². The third-order valence-corrected chi connectivity index (χ3v) is 5.50. The van der Waals surface area contributed by atoms with Crippen LogP contribution in [0.2, 0.25) is 0 Å². The molecule has 0 saturated carbocycles. The second kappa shape index (κ2) is 9.06. The van der Waals surface area contributed by atoms with E-state index in [0.29, 0.717) is 12.2 Å². The third kappa shape index (κ3) is 4.72. The van der Waals surface area contributed by atoms with Crippen molar-refractivity contribution in [1.82, 2.24) is 4.57 Å². The van der Waals surface area contributed by atoms with Crippen LogP contribution in [0.15, 0.2) is 54.4 Å². The molecule has 0 bridgehead atoms. The molecule has 0 aliphatic heterocycles. The summed E-state index contributed by atoms with van der Waals surface area (Å²) < 4.78 is 21.5. The van der Waals surface area contributed by atoms with Gasteiger partial charge in [0, 0.05) is 28.7 Å². The zero-order chi connectivity index (χ0) is 22.8. The molecule has 0 unspecified atom stereocenters. The summed E-state index contributed by atoms with van der Waals surface area (Å²) in [7, 11) is 0. The second-order valence-corrected chi connectivity index (χ2v) is 8.72. The zero-order valence-electron chi connectivity index (χ0n) is 19.0. The number of halogens is 1. The van der Waals surface area contributed by atoms with Crippen LogP contribution in [0.1, 0.15) is 49.3 Å². The van der Waals surface area contributed by atoms with E-state index in [1.165, 1.54) is 11.6 Å². The van der Waals surface area contributed by atoms with E-state index in [1.54, 1.807) is 13.0 Å². The number of nitrogens with zero attached hydrogens (tertiary/aromatic N) is 1. The van der Waals surface area contributed by atoms with Crippen LogP contribution in [0, 0.1) is 6.92 Å². The number of nitrogens with two attached hydrogens (primary N) is 1. The van der Waals surface area contributed by atoms with Crippen LogP contribution in [0.4, 0.5) is 4.39 Å². The van der Waals surface area contributed by atoms with Gasteiger partial charge in [-0.05, 0) is 54.7 Å². The van der Waals surface area contributed by atoms with Crippen molar-refractivity contribution in [1.29, 1.82) is 0 Å². The van der Waals surface area contributed by atoms with Crippen LogP contribution < -0.4 is 5.73 Å². The highest BCUT2D eigenvalue weighted by atomic mass is 19.1. The maximum atomic E-state index is 14.4. The summed E-state index contributed by atoms with van der Waals surface area (Å²) in [6.07, 6.45) is 1.39. The van der Waals surface area contributed by atoms with Gasteiger partial charge in [-0.15, -0.1) is 0 Å². The van der Waals surface area contributed by atoms with E-state index in [2.05, 4.69) is 39.0 Å². The molecule has 0 radical (unpaired) electrons. The first kappa shape index (κ1) is 22.8. The highest BCUT2D eigenvalue weighted by Crippen LogP contribution is 2.37. The maximum Gasteiger partial charge on any atom is 0.338 e. The van der Waals surface area contributed by atoms with Crippen molar-refractivity contribution >= 4 is 16.9 Å². The van der Waals surface area contributed by atoms with Crippen molar-refractivity contribution in [3.8, 4) is 11.1 Å². The van der Waals surface area contributed by atoms with Gasteiger partial charge in [0.2, 0.25) is 0 Å². The molecule has 0 aliphatic rings. The molecule has 1 aromatic heterocycles. The lowest BCUT2D eigenvalue weighted by atomic mass is 9.85. The fourth-order valence-electron chi connectivity index (χ4n) is 3.88. The minimum Gasteiger partial charge on any atom is -0.462 e. The van der Waals surface area contributed by atoms with Crippen LogP contribution in [-0.4, -0.2) is 23.7 Å². The lowest BCUT2D eigenvalue weighted by Crippen LogP contribution is -2.10. The summed E-state index contributed by atoms with van der Waals surface area (Å²) in [5, 5.41) is 0.898. The Bertz CT molecular complexity index is 1140. The van der Waals surface area contributed by atoms with Crippen molar-refractivity contribution in [2.45, 2.75) is 46.6 Å². The van der Waals surface area contributed by atoms with Crippen molar-refractivity contribution in [3.63, 3.8) is 0 Å². The van der Waals surface area contributed by atoms with Gasteiger partial charge in [0.25, 0.3) is 0 Å². The van der Waals surface area contributed by atoms with Crippen molar-refractivity contribution in [3.05, 3.63) is 71.2 Å². The Morgan fingerprint density at radius 1 is 1.19 bits per heavy atom. The normalized spacial score (nSPS) is 12.4. The van der Waals surface area contributed by atoms with E-state index >= 15 is 0 Å². The van der Waals surface area contributed by atoms with Gasteiger partial charge >= 0.3 is 5.97 Å². The van der Waals surface area contributed by atoms with Crippen LogP contribution in [0.3, 0.4) is 0 Å². The largest absolute Gasteiger partial charge is 0.462 e. The van der Waals surface area contributed by atoms with E-state index in [0.717, 1.165) is 27.7 Å². The smallest absolute Gasteiger partial charge is 0.338 e. The molecule has 0 aliphatic carbocycles. The molecule has 31 heavy (non-hydrogen) atoms. The highest BCUT2D eigenvalue weighted by Gasteiger charge is 2.20. The number of carbonyl (C=O) groups is 1. The van der Waals surface area contributed by atoms with Crippen LogP contribution >= 0.6 is 0 Å². The molecule has 1 heterocycles. The number of fused-ring (bicyclic) bond motifs is 1. The molecule has 3 rings (SSSR count). The standard InChI is InChI=1S/C26H31FN2O2/c1-6-31-25(30)19-10-11-23-22(15-19)24(17(2)29(23)16-21(27)12-13-28)18-8-7-9-20(14-18)26(3,4)5/h7-12,14-15H,6,13,16,28H2,1-5H3. The van der Waals surface area contributed by atoms with Crippen molar-refractivity contribution in [2.75, 3.05) is 13.2 Å². The minimum atomic E-state index is -0.363. The summed E-state index contributed by atoms with van der Waals surface area (Å²) in [5.41, 5.74) is 11.0. The first-order chi connectivity index (χ1) is 14.7. The number of hydrogen-bond acceptors (Lipinski definition) is 3. The monoisotopic (exact) mass is 422 g/mol. The summed E-state index contributed by atoms with van der Waals surface area (Å²) in [6.45, 7) is 10.9. The Morgan fingerprint density at radius 3 is 2.58 bits per heavy atom. The number of rotatable bonds is 6. The Labute approximate surface area is 183 Å². The first-order valence-electron chi connectivity index (χ1n) is 10.6. The molecule has 2 aromatic carbocycles. The Morgan fingerprint density at radius 2 is 1.94 bits per heavy atom. The summed E-state index contributed by atoms with van der Waals surface area (Å²) in [5.74, 6) is -0.648. The molecule has 0 spiro atoms. The van der Waals surface area contributed by atoms with E-state index in [9.17, 15) is 9.18 Å². The number of carbonyl (C=O) groups excluding carboxylic acids is 1. The molecule has 5 heteroatoms. The quantitative estimate of drug-likeness (QED) is 0.503. The predicted octanol–water partition coefficient (Wildman–Crippen LogP) is 5.90. The molecule has 2 N–H and O–H groups in total. The summed E-state index contributed by atoms with van der Waals surface area (Å²) in [4.78, 5) is 12.4. The van der Waals surface area contributed by atoms with Gasteiger partial charge in [-0.2, -0.15) is 0 Å². The molecule has 0 amide bonds. The molecule has 0 saturated heterocycles. The molecule has 3 aromatic rings. The van der Waals surface area contributed by atoms with Crippen LogP contribution in [-0.2, 0) is 16.7 Å². The number of ether oxygens (including phenoxy) is 1. The van der Waals surface area contributed by atoms with E-state index in [1.807, 2.05) is 29.7 Å². The number of allylic oxidation sites excluding steroid dienone is 1. The molecule has 0 fully saturated rings. The van der Waals surface area contributed by atoms with Gasteiger partial charge in [0.1, 0.15) is 5.83 Å². The SMILES string of the molecule is CCOC(=O)c1ccc2c(c1)c(-c1cccc(C(C)(C)C)c1)c(C)n2CC(F)=CCN. The fraction of sp³-hybridized carbons (Fsp3) is 0.346. The number of benzene rings is 2. The molecule has 4 nitrogen and oxygen atoms in total. The topological polar surface area (TPSA) is 57.2 Å². The highest BCUT2D eigenvalue weighted by molar-refractivity contribution is 6.02. The van der Waals surface area contributed by atoms with Gasteiger partial charge in [-0.3, -0.25) is 0 Å². The van der Waals surface area contributed by atoms with E-state index in [4.69, 9.17) is 10.5 Å². The number of esters is 1. The van der Waals surface area contributed by atoms with Gasteiger partial charge < -0.3 is 15.0 Å². The average Bonchev–Trinajstić information content (AvgIpc) is 2.98. The average molecular weight is 423 g/mol. The number of aromatic nitrogens is 1. The van der Waals surface area contributed by atoms with E-state index in [-0.39, 0.29) is 30.3 Å². The predicted molar refractivity (Wildman–Crippen MR) is 125 cm³/mol. The second-order valence-electron chi connectivity index (χ2n) is 8.72. The molecule has 0 atom stereocenters. The molecular weight excluding hydrogens is 391 g/mol.